The number of nitrogens with zero attached hydrogens (tertiary/aromatic N) is 7. The molecular formula is C49H83N11O7S2. The number of hydrogen-bond donors (Lipinski definition) is 4. The molecule has 6 aromatic rings. The van der Waals surface area contributed by atoms with Crippen LogP contribution in [0.5, 0.6) is 0 Å². The van der Waals surface area contributed by atoms with Gasteiger partial charge < -0.3 is 19.6 Å². The summed E-state index contributed by atoms with van der Waals surface area (Å²) in [4.78, 5) is 50.2. The number of carbonyl (C=O) groups is 2. The zero-order chi connectivity index (χ0) is 53.6. The van der Waals surface area contributed by atoms with Gasteiger partial charge in [-0.3, -0.25) is 29.0 Å². The van der Waals surface area contributed by atoms with Crippen LogP contribution in [0.1, 0.15) is 202 Å². The maximum atomic E-state index is 11.4. The van der Waals surface area contributed by atoms with Gasteiger partial charge >= 0.3 is 5.76 Å². The van der Waals surface area contributed by atoms with Crippen molar-refractivity contribution in [1.82, 2.24) is 54.2 Å². The smallest absolute Gasteiger partial charge is 0.438 e. The van der Waals surface area contributed by atoms with Crippen LogP contribution in [0.2, 0.25) is 0 Å². The lowest BCUT2D eigenvalue weighted by molar-refractivity contribution is -0.124. The third kappa shape index (κ3) is 29.1. The van der Waals surface area contributed by atoms with Crippen molar-refractivity contribution in [3.8, 4) is 0 Å². The first-order chi connectivity index (χ1) is 32.1. The van der Waals surface area contributed by atoms with E-state index in [0.717, 1.165) is 39.9 Å². The molecule has 18 nitrogen and oxygen atoms in total. The van der Waals surface area contributed by atoms with Crippen LogP contribution in [0.25, 0.3) is 0 Å². The van der Waals surface area contributed by atoms with Gasteiger partial charge in [-0.25, -0.2) is 9.78 Å². The van der Waals surface area contributed by atoms with Gasteiger partial charge in [-0.2, -0.15) is 18.2 Å². The number of aryl methyl sites for hydroxylation is 4. The molecule has 0 aromatic carbocycles. The first-order valence-electron chi connectivity index (χ1n) is 23.2. The molecule has 0 radical (unpaired) electrons. The van der Waals surface area contributed by atoms with Crippen LogP contribution in [0, 0.1) is 39.5 Å². The van der Waals surface area contributed by atoms with Gasteiger partial charge in [0.1, 0.15) is 17.9 Å². The number of H-pyrrole nitrogens is 2. The molecule has 0 fully saturated rings. The lowest BCUT2D eigenvalue weighted by Gasteiger charge is -2.02. The number of aromatic amines is 2. The maximum absolute atomic E-state index is 11.4. The van der Waals surface area contributed by atoms with Crippen molar-refractivity contribution < 1.29 is 23.1 Å². The number of hydrogen-bond acceptors (Lipinski definition) is 16. The second-order valence-corrected chi connectivity index (χ2v) is 19.5. The molecular weight excluding hydrogens is 919 g/mol. The minimum atomic E-state index is -0.487. The van der Waals surface area contributed by atoms with Gasteiger partial charge in [0, 0.05) is 65.8 Å². The van der Waals surface area contributed by atoms with Crippen LogP contribution in [0.4, 0.5) is 0 Å². The molecule has 0 aliphatic carbocycles. The predicted octanol–water partition coefficient (Wildman–Crippen LogP) is 10.9. The summed E-state index contributed by atoms with van der Waals surface area (Å²) in [5.74, 6) is 4.97. The van der Waals surface area contributed by atoms with Gasteiger partial charge in [0.2, 0.25) is 11.8 Å². The number of aromatic nitrogens is 9. The molecule has 0 saturated heterocycles. The second-order valence-electron chi connectivity index (χ2n) is 18.1. The molecule has 388 valence electrons. The van der Waals surface area contributed by atoms with Crippen LogP contribution >= 0.6 is 23.3 Å². The van der Waals surface area contributed by atoms with E-state index in [1.165, 1.54) is 35.5 Å². The molecule has 6 aromatic heterocycles. The summed E-state index contributed by atoms with van der Waals surface area (Å²) in [6.45, 7) is 39.9. The van der Waals surface area contributed by atoms with E-state index in [0.29, 0.717) is 35.1 Å². The first-order valence-corrected chi connectivity index (χ1v) is 24.7. The normalized spacial score (nSPS) is 10.3. The lowest BCUT2D eigenvalue weighted by atomic mass is 10.0. The Kier molecular flexibility index (Phi) is 33.7. The Morgan fingerprint density at radius 1 is 0.623 bits per heavy atom. The Balaban J connectivity index is 0. The molecule has 0 bridgehead atoms. The van der Waals surface area contributed by atoms with Crippen molar-refractivity contribution in [2.75, 3.05) is 14.1 Å². The third-order valence-electron chi connectivity index (χ3n) is 8.87. The molecule has 0 unspecified atom stereocenters. The molecule has 0 saturated carbocycles. The summed E-state index contributed by atoms with van der Waals surface area (Å²) < 4.78 is 26.6. The van der Waals surface area contributed by atoms with Gasteiger partial charge in [0.15, 0.2) is 11.3 Å². The van der Waals surface area contributed by atoms with Crippen LogP contribution in [-0.4, -0.2) is 69.5 Å². The van der Waals surface area contributed by atoms with E-state index >= 15 is 0 Å². The Labute approximate surface area is 418 Å². The minimum absolute atomic E-state index is 0.0972. The minimum Gasteiger partial charge on any atom is -0.472 e. The van der Waals surface area contributed by atoms with Crippen LogP contribution in [0.3, 0.4) is 0 Å². The van der Waals surface area contributed by atoms with E-state index in [2.05, 4.69) is 120 Å². The second kappa shape index (κ2) is 35.5. The van der Waals surface area contributed by atoms with E-state index < -0.39 is 5.76 Å². The Morgan fingerprint density at radius 3 is 1.41 bits per heavy atom. The van der Waals surface area contributed by atoms with Crippen molar-refractivity contribution >= 4 is 35.1 Å². The molecule has 20 heteroatoms. The van der Waals surface area contributed by atoms with Crippen LogP contribution in [0.15, 0.2) is 54.0 Å². The summed E-state index contributed by atoms with van der Waals surface area (Å²) in [7, 11) is 3.28. The average Bonchev–Trinajstić information content (AvgIpc) is 4.15. The average molecular weight is 1000 g/mol. The largest absolute Gasteiger partial charge is 0.472 e. The van der Waals surface area contributed by atoms with Crippen molar-refractivity contribution in [3.05, 3.63) is 108 Å². The predicted molar refractivity (Wildman–Crippen MR) is 278 cm³/mol. The van der Waals surface area contributed by atoms with Crippen molar-refractivity contribution in [1.29, 1.82) is 0 Å². The van der Waals surface area contributed by atoms with Gasteiger partial charge in [0.25, 0.3) is 0 Å². The molecule has 6 heterocycles. The molecule has 4 N–H and O–H groups in total. The summed E-state index contributed by atoms with van der Waals surface area (Å²) in [6, 6.07) is 4.11. The van der Waals surface area contributed by atoms with Gasteiger partial charge in [-0.05, 0) is 63.0 Å². The van der Waals surface area contributed by atoms with E-state index in [9.17, 15) is 19.2 Å². The fourth-order valence-corrected chi connectivity index (χ4v) is 6.00. The topological polar surface area (TPSA) is 254 Å². The highest BCUT2D eigenvalue weighted by molar-refractivity contribution is 7.05. The Bertz CT molecular complexity index is 2290. The molecule has 2 amide bonds. The Morgan fingerprint density at radius 2 is 1.19 bits per heavy atom. The third-order valence-corrected chi connectivity index (χ3v) is 10.7. The highest BCUT2D eigenvalue weighted by Gasteiger charge is 2.08. The monoisotopic (exact) mass is 1000 g/mol. The summed E-state index contributed by atoms with van der Waals surface area (Å²) in [5, 5.41) is 18.8. The molecule has 0 aliphatic rings. The first kappa shape index (κ1) is 65.5. The number of amides is 2. The number of rotatable bonds is 8. The highest BCUT2D eigenvalue weighted by Crippen LogP contribution is 2.19. The SMILES string of the molecule is CC(C)c1ncn[nH]1.CC(C)c1noc(=O)[nH]1.CNC(=O)C(C)C.CNC(=O)C(C)C.Cc1cc(C(C)C)on1.Cc1cc(C(C)C)sn1.Cc1cocc(C(C)C)c1=O.Cc1nsnc1C(C)C. The molecule has 0 aliphatic heterocycles. The maximum Gasteiger partial charge on any atom is 0.438 e. The van der Waals surface area contributed by atoms with Gasteiger partial charge in [-0.1, -0.05) is 121 Å². The quantitative estimate of drug-likeness (QED) is 0.111. The van der Waals surface area contributed by atoms with E-state index in [1.807, 2.05) is 82.2 Å². The van der Waals surface area contributed by atoms with Crippen LogP contribution in [-0.2, 0) is 9.59 Å². The molecule has 69 heavy (non-hydrogen) atoms. The number of nitrogens with one attached hydrogen (secondary N) is 4. The zero-order valence-corrected chi connectivity index (χ0v) is 46.9. The molecule has 0 spiro atoms. The van der Waals surface area contributed by atoms with E-state index in [4.69, 9.17) is 8.94 Å². The lowest BCUT2D eigenvalue weighted by Crippen LogP contribution is -2.22. The highest BCUT2D eigenvalue weighted by atomic mass is 32.1. The fraction of sp³-hybridized carbons (Fsp3) is 0.612. The Hall–Kier alpha value is -5.63. The summed E-state index contributed by atoms with van der Waals surface area (Å²) in [5.41, 5.74) is 5.85. The van der Waals surface area contributed by atoms with Crippen molar-refractivity contribution in [3.63, 3.8) is 0 Å². The van der Waals surface area contributed by atoms with Gasteiger partial charge in [-0.15, -0.1) is 0 Å². The van der Waals surface area contributed by atoms with Gasteiger partial charge in [0.05, 0.1) is 47.0 Å². The zero-order valence-electron chi connectivity index (χ0n) is 45.3. The summed E-state index contributed by atoms with van der Waals surface area (Å²) in [6.07, 6.45) is 4.53. The number of carbonyl (C=O) groups excluding carboxylic acids is 2. The van der Waals surface area contributed by atoms with Crippen molar-refractivity contribution in [2.45, 2.75) is 174 Å². The standard InChI is InChI=1S/C9H12O2.C7H11NO.C7H11NS.C6H10N2S.C5H9N3.C5H8N2O2.2C5H11NO/c1-6(2)8-5-11-4-7(3)9(8)10;2*1-5(2)7-4-6(3)8-9-7;1-4(2)6-5(3)7-9-8-6;1-4(2)5-6-3-7-8-5;1-3(2)4-6-5(8)9-7-4;2*1-4(2)5(7)6-3/h4-6H,1-3H3;2*4-5H,1-3H3;4H,1-3H3;3-4H,1-2H3,(H,6,7,8);3H,1-2H3,(H,6,7,8);2*4H,1-3H3,(H,6,7). The fourth-order valence-electron chi connectivity index (χ4n) is 4.58. The van der Waals surface area contributed by atoms with E-state index in [1.54, 1.807) is 32.6 Å². The van der Waals surface area contributed by atoms with E-state index in [-0.39, 0.29) is 40.9 Å². The molecule has 0 atom stereocenters. The van der Waals surface area contributed by atoms with Crippen LogP contribution < -0.4 is 21.8 Å². The molecule has 6 rings (SSSR count). The van der Waals surface area contributed by atoms with Crippen molar-refractivity contribution in [2.24, 2.45) is 11.8 Å². The summed E-state index contributed by atoms with van der Waals surface area (Å²) >= 11 is 2.90.